The SMILES string of the molecule is CC(=O)Nc1ccc(S(=O)(=O)N(C)CCCc2cc(-c3ccccc3)n[nH]2)cc1. The van der Waals surface area contributed by atoms with E-state index < -0.39 is 10.0 Å². The summed E-state index contributed by atoms with van der Waals surface area (Å²) in [6.07, 6.45) is 1.36. The Labute approximate surface area is 170 Å². The van der Waals surface area contributed by atoms with Crippen LogP contribution in [0.25, 0.3) is 11.3 Å². The molecular formula is C21H24N4O3S. The Hall–Kier alpha value is -2.97. The summed E-state index contributed by atoms with van der Waals surface area (Å²) in [5, 5.41) is 9.96. The lowest BCUT2D eigenvalue weighted by Gasteiger charge is -2.17. The van der Waals surface area contributed by atoms with E-state index in [4.69, 9.17) is 0 Å². The normalized spacial score (nSPS) is 11.6. The third kappa shape index (κ3) is 5.30. The minimum Gasteiger partial charge on any atom is -0.326 e. The van der Waals surface area contributed by atoms with Crippen LogP contribution >= 0.6 is 0 Å². The molecule has 0 saturated heterocycles. The molecule has 0 atom stereocenters. The van der Waals surface area contributed by atoms with Gasteiger partial charge in [-0.3, -0.25) is 9.89 Å². The summed E-state index contributed by atoms with van der Waals surface area (Å²) < 4.78 is 26.8. The highest BCUT2D eigenvalue weighted by molar-refractivity contribution is 7.89. The molecule has 0 aliphatic carbocycles. The Morgan fingerprint density at radius 3 is 2.45 bits per heavy atom. The zero-order valence-corrected chi connectivity index (χ0v) is 17.2. The molecular weight excluding hydrogens is 388 g/mol. The van der Waals surface area contributed by atoms with E-state index >= 15 is 0 Å². The number of aryl methyl sites for hydroxylation is 1. The molecule has 0 fully saturated rings. The van der Waals surface area contributed by atoms with Crippen molar-refractivity contribution in [1.82, 2.24) is 14.5 Å². The van der Waals surface area contributed by atoms with Crippen LogP contribution in [0, 0.1) is 0 Å². The third-order valence-corrected chi connectivity index (χ3v) is 6.37. The summed E-state index contributed by atoms with van der Waals surface area (Å²) in [7, 11) is -2.01. The van der Waals surface area contributed by atoms with Crippen LogP contribution in [-0.2, 0) is 21.2 Å². The summed E-state index contributed by atoms with van der Waals surface area (Å²) >= 11 is 0. The summed E-state index contributed by atoms with van der Waals surface area (Å²) in [5.74, 6) is -0.202. The van der Waals surface area contributed by atoms with Crippen LogP contribution in [0.5, 0.6) is 0 Å². The van der Waals surface area contributed by atoms with Crippen molar-refractivity contribution in [2.24, 2.45) is 0 Å². The molecule has 3 rings (SSSR count). The second-order valence-corrected chi connectivity index (χ2v) is 8.83. The van der Waals surface area contributed by atoms with Crippen molar-refractivity contribution in [2.75, 3.05) is 18.9 Å². The minimum absolute atomic E-state index is 0.196. The van der Waals surface area contributed by atoms with Crippen LogP contribution in [0.4, 0.5) is 5.69 Å². The van der Waals surface area contributed by atoms with Gasteiger partial charge in [0.15, 0.2) is 0 Å². The van der Waals surface area contributed by atoms with E-state index in [-0.39, 0.29) is 10.8 Å². The quantitative estimate of drug-likeness (QED) is 0.593. The molecule has 0 radical (unpaired) electrons. The molecule has 1 aromatic heterocycles. The molecule has 7 nitrogen and oxygen atoms in total. The van der Waals surface area contributed by atoms with E-state index in [1.54, 1.807) is 19.2 Å². The molecule has 0 aliphatic rings. The number of sulfonamides is 1. The first-order valence-corrected chi connectivity index (χ1v) is 10.7. The Kier molecular flexibility index (Phi) is 6.46. The molecule has 8 heteroatoms. The number of carbonyl (C=O) groups excluding carboxylic acids is 1. The van der Waals surface area contributed by atoms with E-state index in [2.05, 4.69) is 15.5 Å². The molecule has 1 amide bonds. The number of aromatic amines is 1. The van der Waals surface area contributed by atoms with E-state index in [0.717, 1.165) is 17.0 Å². The molecule has 152 valence electrons. The van der Waals surface area contributed by atoms with Crippen molar-refractivity contribution in [2.45, 2.75) is 24.7 Å². The predicted molar refractivity (Wildman–Crippen MR) is 113 cm³/mol. The molecule has 3 aromatic rings. The fourth-order valence-electron chi connectivity index (χ4n) is 2.95. The van der Waals surface area contributed by atoms with Gasteiger partial charge in [0.25, 0.3) is 0 Å². The lowest BCUT2D eigenvalue weighted by molar-refractivity contribution is -0.114. The lowest BCUT2D eigenvalue weighted by Crippen LogP contribution is -2.28. The maximum Gasteiger partial charge on any atom is 0.242 e. The fourth-order valence-corrected chi connectivity index (χ4v) is 4.16. The van der Waals surface area contributed by atoms with Gasteiger partial charge in [-0.05, 0) is 43.2 Å². The van der Waals surface area contributed by atoms with Crippen molar-refractivity contribution >= 4 is 21.6 Å². The van der Waals surface area contributed by atoms with Gasteiger partial charge in [0.1, 0.15) is 0 Å². The first-order valence-electron chi connectivity index (χ1n) is 9.30. The Morgan fingerprint density at radius 1 is 1.10 bits per heavy atom. The number of amides is 1. The summed E-state index contributed by atoms with van der Waals surface area (Å²) in [6, 6.07) is 18.0. The van der Waals surface area contributed by atoms with E-state index in [9.17, 15) is 13.2 Å². The first-order chi connectivity index (χ1) is 13.9. The van der Waals surface area contributed by atoms with Gasteiger partial charge in [-0.1, -0.05) is 30.3 Å². The number of hydrogen-bond acceptors (Lipinski definition) is 4. The smallest absolute Gasteiger partial charge is 0.242 e. The van der Waals surface area contributed by atoms with Gasteiger partial charge in [-0.2, -0.15) is 5.10 Å². The summed E-state index contributed by atoms with van der Waals surface area (Å²) in [5.41, 5.74) is 3.44. The molecule has 0 aliphatic heterocycles. The zero-order chi connectivity index (χ0) is 20.9. The Bertz CT molecular complexity index is 1060. The van der Waals surface area contributed by atoms with Crippen LogP contribution in [0.1, 0.15) is 19.0 Å². The van der Waals surface area contributed by atoms with Crippen molar-refractivity contribution in [3.8, 4) is 11.3 Å². The van der Waals surface area contributed by atoms with Crippen LogP contribution in [0.15, 0.2) is 65.6 Å². The van der Waals surface area contributed by atoms with E-state index in [1.165, 1.54) is 23.4 Å². The monoisotopic (exact) mass is 412 g/mol. The van der Waals surface area contributed by atoms with Crippen molar-refractivity contribution in [3.05, 3.63) is 66.4 Å². The van der Waals surface area contributed by atoms with Gasteiger partial charge in [0, 0.05) is 37.5 Å². The predicted octanol–water partition coefficient (Wildman–Crippen LogP) is 3.29. The van der Waals surface area contributed by atoms with Gasteiger partial charge >= 0.3 is 0 Å². The second-order valence-electron chi connectivity index (χ2n) is 6.78. The lowest BCUT2D eigenvalue weighted by atomic mass is 10.1. The Morgan fingerprint density at radius 2 is 1.79 bits per heavy atom. The first kappa shape index (κ1) is 20.8. The number of rotatable bonds is 8. The second kappa shape index (κ2) is 9.02. The van der Waals surface area contributed by atoms with Crippen LogP contribution in [0.2, 0.25) is 0 Å². The fraction of sp³-hybridized carbons (Fsp3) is 0.238. The molecule has 2 aromatic carbocycles. The van der Waals surface area contributed by atoms with Crippen LogP contribution < -0.4 is 5.32 Å². The average molecular weight is 413 g/mol. The molecule has 0 bridgehead atoms. The van der Waals surface area contributed by atoms with Crippen LogP contribution in [-0.4, -0.2) is 42.4 Å². The molecule has 29 heavy (non-hydrogen) atoms. The highest BCUT2D eigenvalue weighted by atomic mass is 32.2. The summed E-state index contributed by atoms with van der Waals surface area (Å²) in [4.78, 5) is 11.3. The van der Waals surface area contributed by atoms with Gasteiger partial charge < -0.3 is 5.32 Å². The topological polar surface area (TPSA) is 95.2 Å². The molecule has 0 spiro atoms. The van der Waals surface area contributed by atoms with E-state index in [0.29, 0.717) is 25.1 Å². The zero-order valence-electron chi connectivity index (χ0n) is 16.4. The number of benzene rings is 2. The highest BCUT2D eigenvalue weighted by Gasteiger charge is 2.20. The van der Waals surface area contributed by atoms with E-state index in [1.807, 2.05) is 36.4 Å². The molecule has 0 unspecified atom stereocenters. The van der Waals surface area contributed by atoms with Crippen molar-refractivity contribution in [1.29, 1.82) is 0 Å². The van der Waals surface area contributed by atoms with Crippen molar-refractivity contribution in [3.63, 3.8) is 0 Å². The van der Waals surface area contributed by atoms with Gasteiger partial charge in [0.2, 0.25) is 15.9 Å². The highest BCUT2D eigenvalue weighted by Crippen LogP contribution is 2.19. The maximum absolute atomic E-state index is 12.7. The number of aromatic nitrogens is 2. The Balaban J connectivity index is 1.56. The molecule has 1 heterocycles. The number of carbonyl (C=O) groups is 1. The minimum atomic E-state index is -3.58. The number of H-pyrrole nitrogens is 1. The number of anilines is 1. The van der Waals surface area contributed by atoms with Crippen LogP contribution in [0.3, 0.4) is 0 Å². The van der Waals surface area contributed by atoms with Gasteiger partial charge in [-0.25, -0.2) is 12.7 Å². The van der Waals surface area contributed by atoms with Gasteiger partial charge in [-0.15, -0.1) is 0 Å². The third-order valence-electron chi connectivity index (χ3n) is 4.50. The molecule has 0 saturated carbocycles. The summed E-state index contributed by atoms with van der Waals surface area (Å²) in [6.45, 7) is 1.79. The largest absolute Gasteiger partial charge is 0.326 e. The number of nitrogens with one attached hydrogen (secondary N) is 2. The number of nitrogens with zero attached hydrogens (tertiary/aromatic N) is 2. The molecule has 2 N–H and O–H groups in total. The maximum atomic E-state index is 12.7. The van der Waals surface area contributed by atoms with Gasteiger partial charge in [0.05, 0.1) is 10.6 Å². The number of hydrogen-bond donors (Lipinski definition) is 2. The standard InChI is InChI=1S/C21H24N4O3S/c1-16(26)22-18-10-12-20(13-11-18)29(27,28)25(2)14-6-9-19-15-21(24-23-19)17-7-4-3-5-8-17/h3-5,7-8,10-13,15H,6,9,14H2,1-2H3,(H,22,26)(H,23,24). The van der Waals surface area contributed by atoms with Crippen molar-refractivity contribution < 1.29 is 13.2 Å². The average Bonchev–Trinajstić information content (AvgIpc) is 3.17.